The van der Waals surface area contributed by atoms with Crippen LogP contribution < -0.4 is 0 Å². The molecule has 0 aromatic carbocycles. The summed E-state index contributed by atoms with van der Waals surface area (Å²) in [4.78, 5) is 21.5. The first-order valence-electron chi connectivity index (χ1n) is 3.90. The van der Waals surface area contributed by atoms with E-state index in [2.05, 4.69) is 22.6 Å². The maximum atomic E-state index is 10.7. The third-order valence-corrected chi connectivity index (χ3v) is 1.30. The molecule has 0 atom stereocenters. The van der Waals surface area contributed by atoms with Gasteiger partial charge in [0.05, 0.1) is 6.42 Å². The molecule has 0 spiro atoms. The van der Waals surface area contributed by atoms with Gasteiger partial charge in [0, 0.05) is 12.2 Å². The lowest BCUT2D eigenvalue weighted by Crippen LogP contribution is -2.38. The number of esters is 2. The zero-order chi connectivity index (χ0) is 11.2. The van der Waals surface area contributed by atoms with Crippen LogP contribution in [0.3, 0.4) is 0 Å². The lowest BCUT2D eigenvalue weighted by Gasteiger charge is -2.24. The molecule has 0 bridgehead atoms. The van der Waals surface area contributed by atoms with Crippen LogP contribution in [0, 0.1) is 0 Å². The van der Waals surface area contributed by atoms with Crippen LogP contribution in [0.1, 0.15) is 13.3 Å². The molecule has 14 heavy (non-hydrogen) atoms. The second-order valence-electron chi connectivity index (χ2n) is 2.32. The first-order valence-corrected chi connectivity index (χ1v) is 3.90. The lowest BCUT2D eigenvalue weighted by molar-refractivity contribution is -0.321. The Labute approximate surface area is 81.6 Å². The minimum atomic E-state index is -2.25. The van der Waals surface area contributed by atoms with Gasteiger partial charge in [0.1, 0.15) is 0 Å². The van der Waals surface area contributed by atoms with E-state index < -0.39 is 17.9 Å². The molecule has 1 N–H and O–H groups in total. The van der Waals surface area contributed by atoms with Gasteiger partial charge in [-0.1, -0.05) is 20.1 Å². The predicted octanol–water partition coefficient (Wildman–Crippen LogP) is 0.501. The summed E-state index contributed by atoms with van der Waals surface area (Å²) in [7, 11) is 0. The molecule has 0 aliphatic heterocycles. The summed E-state index contributed by atoms with van der Waals surface area (Å²) in [5.41, 5.74) is 0. The number of carbonyl (C=O) groups is 2. The fourth-order valence-electron chi connectivity index (χ4n) is 0.563. The van der Waals surface area contributed by atoms with Gasteiger partial charge in [0.2, 0.25) is 0 Å². The maximum absolute atomic E-state index is 10.7. The molecule has 0 aromatic heterocycles. The van der Waals surface area contributed by atoms with E-state index in [1.807, 2.05) is 0 Å². The molecule has 0 fully saturated rings. The minimum absolute atomic E-state index is 0.0911. The van der Waals surface area contributed by atoms with Crippen molar-refractivity contribution in [3.63, 3.8) is 0 Å². The second-order valence-corrected chi connectivity index (χ2v) is 2.32. The Hall–Kier alpha value is -1.62. The molecular formula is C9H12O5. The van der Waals surface area contributed by atoms with Crippen molar-refractivity contribution in [2.75, 3.05) is 0 Å². The average Bonchev–Trinajstić information content (AvgIpc) is 2.17. The first-order chi connectivity index (χ1) is 6.47. The Bertz CT molecular complexity index is 234. The molecule has 0 saturated carbocycles. The molecule has 0 aliphatic carbocycles. The molecular weight excluding hydrogens is 188 g/mol. The van der Waals surface area contributed by atoms with E-state index in [-0.39, 0.29) is 6.42 Å². The first kappa shape index (κ1) is 12.4. The van der Waals surface area contributed by atoms with Crippen molar-refractivity contribution in [3.05, 3.63) is 25.3 Å². The van der Waals surface area contributed by atoms with Gasteiger partial charge in [0.15, 0.2) is 0 Å². The smallest absolute Gasteiger partial charge is 0.373 e. The molecule has 0 amide bonds. The van der Waals surface area contributed by atoms with Crippen molar-refractivity contribution < 1.29 is 24.2 Å². The second kappa shape index (κ2) is 5.18. The number of carbonyl (C=O) groups excluding carboxylic acids is 2. The Morgan fingerprint density at radius 3 is 1.86 bits per heavy atom. The predicted molar refractivity (Wildman–Crippen MR) is 47.8 cm³/mol. The molecule has 0 aromatic rings. The number of hydrogen-bond acceptors (Lipinski definition) is 5. The number of aliphatic hydroxyl groups is 1. The van der Waals surface area contributed by atoms with Crippen molar-refractivity contribution in [1.29, 1.82) is 0 Å². The van der Waals surface area contributed by atoms with Gasteiger partial charge in [-0.2, -0.15) is 0 Å². The van der Waals surface area contributed by atoms with E-state index >= 15 is 0 Å². The van der Waals surface area contributed by atoms with Crippen molar-refractivity contribution in [2.24, 2.45) is 0 Å². The molecule has 0 rings (SSSR count). The van der Waals surface area contributed by atoms with E-state index in [9.17, 15) is 14.7 Å². The van der Waals surface area contributed by atoms with Gasteiger partial charge in [-0.05, 0) is 0 Å². The van der Waals surface area contributed by atoms with Gasteiger partial charge < -0.3 is 14.6 Å². The standard InChI is InChI=1S/C9H12O5/c1-4-7(10)13-9(12,6-3)14-8(11)5-2/h4-5,12H,1-2,6H2,3H3. The van der Waals surface area contributed by atoms with Crippen LogP contribution in [0.15, 0.2) is 25.3 Å². The Morgan fingerprint density at radius 2 is 1.64 bits per heavy atom. The molecule has 0 heterocycles. The molecule has 0 aliphatic rings. The summed E-state index contributed by atoms with van der Waals surface area (Å²) < 4.78 is 8.83. The van der Waals surface area contributed by atoms with Crippen LogP contribution in [-0.2, 0) is 19.1 Å². The van der Waals surface area contributed by atoms with Crippen molar-refractivity contribution in [3.8, 4) is 0 Å². The van der Waals surface area contributed by atoms with Gasteiger partial charge in [-0.15, -0.1) is 0 Å². The van der Waals surface area contributed by atoms with Crippen molar-refractivity contribution >= 4 is 11.9 Å². The van der Waals surface area contributed by atoms with Gasteiger partial charge in [-0.3, -0.25) is 0 Å². The summed E-state index contributed by atoms with van der Waals surface area (Å²) >= 11 is 0. The highest BCUT2D eigenvalue weighted by atomic mass is 16.8. The number of rotatable bonds is 5. The summed E-state index contributed by atoms with van der Waals surface area (Å²) in [5.74, 6) is -4.02. The zero-order valence-electron chi connectivity index (χ0n) is 7.86. The van der Waals surface area contributed by atoms with E-state index in [0.717, 1.165) is 12.2 Å². The van der Waals surface area contributed by atoms with Crippen LogP contribution in [0.25, 0.3) is 0 Å². The van der Waals surface area contributed by atoms with Crippen LogP contribution in [0.5, 0.6) is 0 Å². The molecule has 5 nitrogen and oxygen atoms in total. The number of ether oxygens (including phenoxy) is 2. The van der Waals surface area contributed by atoms with Crippen molar-refractivity contribution in [2.45, 2.75) is 19.3 Å². The van der Waals surface area contributed by atoms with Gasteiger partial charge >= 0.3 is 17.9 Å². The highest BCUT2D eigenvalue weighted by molar-refractivity contribution is 5.83. The largest absolute Gasteiger partial charge is 0.395 e. The quantitative estimate of drug-likeness (QED) is 0.397. The van der Waals surface area contributed by atoms with E-state index in [1.165, 1.54) is 6.92 Å². The Morgan fingerprint density at radius 1 is 1.29 bits per heavy atom. The molecule has 5 heteroatoms. The van der Waals surface area contributed by atoms with Gasteiger partial charge in [-0.25, -0.2) is 9.59 Å². The van der Waals surface area contributed by atoms with Gasteiger partial charge in [0.25, 0.3) is 0 Å². The van der Waals surface area contributed by atoms with Crippen molar-refractivity contribution in [1.82, 2.24) is 0 Å². The normalized spacial score (nSPS) is 10.1. The number of hydrogen-bond donors (Lipinski definition) is 1. The molecule has 0 saturated heterocycles. The minimum Gasteiger partial charge on any atom is -0.395 e. The third kappa shape index (κ3) is 3.86. The lowest BCUT2D eigenvalue weighted by atomic mass is 10.4. The molecule has 0 radical (unpaired) electrons. The topological polar surface area (TPSA) is 72.8 Å². The Balaban J connectivity index is 4.45. The third-order valence-electron chi connectivity index (χ3n) is 1.30. The summed E-state index contributed by atoms with van der Waals surface area (Å²) in [6, 6.07) is 0. The van der Waals surface area contributed by atoms with Crippen LogP contribution in [-0.4, -0.2) is 23.0 Å². The zero-order valence-corrected chi connectivity index (χ0v) is 7.86. The Kier molecular flexibility index (Phi) is 4.58. The average molecular weight is 200 g/mol. The monoisotopic (exact) mass is 200 g/mol. The summed E-state index contributed by atoms with van der Waals surface area (Å²) in [6.45, 7) is 7.74. The fraction of sp³-hybridized carbons (Fsp3) is 0.333. The maximum Gasteiger partial charge on any atom is 0.373 e. The molecule has 0 unspecified atom stereocenters. The van der Waals surface area contributed by atoms with Crippen LogP contribution in [0.2, 0.25) is 0 Å². The highest BCUT2D eigenvalue weighted by Crippen LogP contribution is 2.14. The van der Waals surface area contributed by atoms with E-state index in [1.54, 1.807) is 0 Å². The fourth-order valence-corrected chi connectivity index (χ4v) is 0.563. The van der Waals surface area contributed by atoms with E-state index in [0.29, 0.717) is 0 Å². The van der Waals surface area contributed by atoms with E-state index in [4.69, 9.17) is 0 Å². The summed E-state index contributed by atoms with van der Waals surface area (Å²) in [5, 5.41) is 9.44. The van der Waals surface area contributed by atoms with Crippen LogP contribution in [0.4, 0.5) is 0 Å². The SMILES string of the molecule is C=CC(=O)OC(O)(CC)OC(=O)C=C. The summed E-state index contributed by atoms with van der Waals surface area (Å²) in [6.07, 6.45) is 1.61. The molecule has 78 valence electrons. The van der Waals surface area contributed by atoms with Crippen LogP contribution >= 0.6 is 0 Å². The highest BCUT2D eigenvalue weighted by Gasteiger charge is 2.32.